The van der Waals surface area contributed by atoms with Gasteiger partial charge in [-0.05, 0) is 12.1 Å². The Labute approximate surface area is 79.2 Å². The molecule has 0 saturated heterocycles. The Morgan fingerprint density at radius 2 is 2.00 bits per heavy atom. The van der Waals surface area contributed by atoms with E-state index < -0.39 is 0 Å². The van der Waals surface area contributed by atoms with E-state index in [1.165, 1.54) is 0 Å². The summed E-state index contributed by atoms with van der Waals surface area (Å²) in [5.74, 6) is 0. The van der Waals surface area contributed by atoms with Gasteiger partial charge < -0.3 is 0 Å². The molecule has 0 spiro atoms. The molecule has 2 heterocycles. The van der Waals surface area contributed by atoms with Crippen LogP contribution in [0.1, 0.15) is 0 Å². The fourth-order valence-corrected chi connectivity index (χ4v) is 1.33. The van der Waals surface area contributed by atoms with E-state index in [0.29, 0.717) is 15.7 Å². The number of aromatic nitrogens is 2. The maximum atomic E-state index is 5.89. The van der Waals surface area contributed by atoms with Crippen LogP contribution in [0.5, 0.6) is 0 Å². The van der Waals surface area contributed by atoms with Crippen LogP contribution in [-0.2, 0) is 0 Å². The third kappa shape index (κ3) is 1.24. The van der Waals surface area contributed by atoms with Gasteiger partial charge in [-0.2, -0.15) is 0 Å². The highest BCUT2D eigenvalue weighted by molar-refractivity contribution is 6.36. The summed E-state index contributed by atoms with van der Waals surface area (Å²) in [5.41, 5.74) is 0.618. The SMILES string of the molecule is Clc1cnc2nccc(Cl)c2c1. The van der Waals surface area contributed by atoms with Gasteiger partial charge in [-0.1, -0.05) is 23.2 Å². The van der Waals surface area contributed by atoms with Crippen molar-refractivity contribution in [2.24, 2.45) is 0 Å². The molecule has 12 heavy (non-hydrogen) atoms. The molecular weight excluding hydrogens is 195 g/mol. The molecule has 0 saturated carbocycles. The minimum atomic E-state index is 0.567. The number of hydrogen-bond acceptors (Lipinski definition) is 2. The van der Waals surface area contributed by atoms with Gasteiger partial charge in [-0.3, -0.25) is 0 Å². The Balaban J connectivity index is 2.88. The van der Waals surface area contributed by atoms with Crippen LogP contribution in [0, 0.1) is 0 Å². The average molecular weight is 199 g/mol. The molecule has 0 N–H and O–H groups in total. The Morgan fingerprint density at radius 1 is 1.17 bits per heavy atom. The predicted octanol–water partition coefficient (Wildman–Crippen LogP) is 2.94. The van der Waals surface area contributed by atoms with Gasteiger partial charge in [0.25, 0.3) is 0 Å². The molecule has 2 aromatic heterocycles. The first-order chi connectivity index (χ1) is 5.77. The Morgan fingerprint density at radius 3 is 2.83 bits per heavy atom. The quantitative estimate of drug-likeness (QED) is 0.651. The van der Waals surface area contributed by atoms with Crippen molar-refractivity contribution in [1.29, 1.82) is 0 Å². The van der Waals surface area contributed by atoms with Gasteiger partial charge >= 0.3 is 0 Å². The van der Waals surface area contributed by atoms with E-state index in [1.54, 1.807) is 24.5 Å². The second-order valence-electron chi connectivity index (χ2n) is 2.32. The summed E-state index contributed by atoms with van der Waals surface area (Å²) in [7, 11) is 0. The molecule has 0 atom stereocenters. The lowest BCUT2D eigenvalue weighted by Gasteiger charge is -1.97. The van der Waals surface area contributed by atoms with Crippen molar-refractivity contribution in [3.8, 4) is 0 Å². The highest BCUT2D eigenvalue weighted by Crippen LogP contribution is 2.22. The summed E-state index contributed by atoms with van der Waals surface area (Å²) in [6.45, 7) is 0. The number of rotatable bonds is 0. The van der Waals surface area contributed by atoms with Crippen LogP contribution in [0.15, 0.2) is 24.5 Å². The van der Waals surface area contributed by atoms with Crippen LogP contribution in [0.2, 0.25) is 10.0 Å². The number of halogens is 2. The zero-order chi connectivity index (χ0) is 8.55. The molecule has 0 radical (unpaired) electrons. The topological polar surface area (TPSA) is 25.8 Å². The summed E-state index contributed by atoms with van der Waals surface area (Å²) in [6.07, 6.45) is 3.17. The van der Waals surface area contributed by atoms with E-state index in [1.807, 2.05) is 0 Å². The fraction of sp³-hybridized carbons (Fsp3) is 0. The van der Waals surface area contributed by atoms with Crippen LogP contribution >= 0.6 is 23.2 Å². The van der Waals surface area contributed by atoms with Crippen LogP contribution in [-0.4, -0.2) is 9.97 Å². The molecule has 0 aliphatic rings. The van der Waals surface area contributed by atoms with Crippen LogP contribution in [0.3, 0.4) is 0 Å². The van der Waals surface area contributed by atoms with E-state index in [9.17, 15) is 0 Å². The fourth-order valence-electron chi connectivity index (χ4n) is 0.974. The summed E-state index contributed by atoms with van der Waals surface area (Å²) in [5, 5.41) is 1.97. The highest BCUT2D eigenvalue weighted by Gasteiger charge is 2.00. The summed E-state index contributed by atoms with van der Waals surface area (Å²) < 4.78 is 0. The van der Waals surface area contributed by atoms with Crippen LogP contribution < -0.4 is 0 Å². The van der Waals surface area contributed by atoms with E-state index in [0.717, 1.165) is 5.39 Å². The average Bonchev–Trinajstić information content (AvgIpc) is 2.07. The van der Waals surface area contributed by atoms with Crippen molar-refractivity contribution in [1.82, 2.24) is 9.97 Å². The summed E-state index contributed by atoms with van der Waals surface area (Å²) in [4.78, 5) is 8.04. The van der Waals surface area contributed by atoms with Crippen molar-refractivity contribution in [3.63, 3.8) is 0 Å². The first-order valence-electron chi connectivity index (χ1n) is 3.33. The predicted molar refractivity (Wildman–Crippen MR) is 49.6 cm³/mol. The summed E-state index contributed by atoms with van der Waals surface area (Å²) in [6, 6.07) is 3.46. The van der Waals surface area contributed by atoms with Crippen molar-refractivity contribution in [2.45, 2.75) is 0 Å². The molecule has 0 amide bonds. The van der Waals surface area contributed by atoms with E-state index in [4.69, 9.17) is 23.2 Å². The summed E-state index contributed by atoms with van der Waals surface area (Å²) >= 11 is 11.6. The van der Waals surface area contributed by atoms with Crippen molar-refractivity contribution < 1.29 is 0 Å². The molecule has 0 aromatic carbocycles. The molecule has 2 aromatic rings. The molecule has 0 aliphatic heterocycles. The molecule has 0 bridgehead atoms. The van der Waals surface area contributed by atoms with Gasteiger partial charge in [0.05, 0.1) is 10.0 Å². The number of nitrogens with zero attached hydrogens (tertiary/aromatic N) is 2. The lowest BCUT2D eigenvalue weighted by atomic mass is 10.3. The molecule has 2 rings (SSSR count). The molecule has 60 valence electrons. The maximum absolute atomic E-state index is 5.89. The molecule has 0 aliphatic carbocycles. The minimum absolute atomic E-state index is 0.567. The molecular formula is C8H4Cl2N2. The van der Waals surface area contributed by atoms with Crippen molar-refractivity contribution in [2.75, 3.05) is 0 Å². The van der Waals surface area contributed by atoms with Crippen LogP contribution in [0.25, 0.3) is 11.0 Å². The largest absolute Gasteiger partial charge is 0.237 e. The number of fused-ring (bicyclic) bond motifs is 1. The van der Waals surface area contributed by atoms with Gasteiger partial charge in [-0.15, -0.1) is 0 Å². The van der Waals surface area contributed by atoms with E-state index in [2.05, 4.69) is 9.97 Å². The zero-order valence-electron chi connectivity index (χ0n) is 5.96. The maximum Gasteiger partial charge on any atom is 0.160 e. The second-order valence-corrected chi connectivity index (χ2v) is 3.16. The van der Waals surface area contributed by atoms with Crippen molar-refractivity contribution >= 4 is 34.2 Å². The van der Waals surface area contributed by atoms with Gasteiger partial charge in [0.2, 0.25) is 0 Å². The van der Waals surface area contributed by atoms with Gasteiger partial charge in [0.1, 0.15) is 0 Å². The normalized spacial score (nSPS) is 10.5. The molecule has 0 fully saturated rings. The monoisotopic (exact) mass is 198 g/mol. The third-order valence-electron chi connectivity index (χ3n) is 1.51. The zero-order valence-corrected chi connectivity index (χ0v) is 7.47. The lowest BCUT2D eigenvalue weighted by molar-refractivity contribution is 1.29. The standard InChI is InChI=1S/C8H4Cl2N2/c9-5-3-6-7(10)1-2-11-8(6)12-4-5/h1-4H. The van der Waals surface area contributed by atoms with Crippen molar-refractivity contribution in [3.05, 3.63) is 34.6 Å². The minimum Gasteiger partial charge on any atom is -0.237 e. The smallest absolute Gasteiger partial charge is 0.160 e. The number of pyridine rings is 2. The first kappa shape index (κ1) is 7.77. The Bertz CT molecular complexity index is 428. The third-order valence-corrected chi connectivity index (χ3v) is 2.04. The van der Waals surface area contributed by atoms with E-state index >= 15 is 0 Å². The molecule has 2 nitrogen and oxygen atoms in total. The number of hydrogen-bond donors (Lipinski definition) is 0. The van der Waals surface area contributed by atoms with Crippen LogP contribution in [0.4, 0.5) is 0 Å². The Hall–Kier alpha value is -0.860. The highest BCUT2D eigenvalue weighted by atomic mass is 35.5. The van der Waals surface area contributed by atoms with E-state index in [-0.39, 0.29) is 0 Å². The Kier molecular flexibility index (Phi) is 1.87. The van der Waals surface area contributed by atoms with Gasteiger partial charge in [-0.25, -0.2) is 9.97 Å². The molecule has 4 heteroatoms. The second kappa shape index (κ2) is 2.88. The lowest BCUT2D eigenvalue weighted by Crippen LogP contribution is -1.82. The van der Waals surface area contributed by atoms with Gasteiger partial charge in [0.15, 0.2) is 5.65 Å². The first-order valence-corrected chi connectivity index (χ1v) is 4.09. The van der Waals surface area contributed by atoms with Gasteiger partial charge in [0, 0.05) is 17.8 Å². The molecule has 0 unspecified atom stereocenters.